The first kappa shape index (κ1) is 20.8. The van der Waals surface area contributed by atoms with Crippen LogP contribution in [0, 0.1) is 11.8 Å². The first-order chi connectivity index (χ1) is 11.6. The first-order valence-corrected chi connectivity index (χ1v) is 8.22. The highest BCUT2D eigenvalue weighted by Gasteiger charge is 2.27. The quantitative estimate of drug-likeness (QED) is 0.345. The summed E-state index contributed by atoms with van der Waals surface area (Å²) >= 11 is 0. The number of Topliss-reactive ketones (excluding diaryl/α,β-unsaturated/α-hetero) is 1. The van der Waals surface area contributed by atoms with E-state index in [1.165, 1.54) is 13.0 Å². The molecule has 7 nitrogen and oxygen atoms in total. The molecule has 0 unspecified atom stereocenters. The Hall–Kier alpha value is -2.28. The van der Waals surface area contributed by atoms with E-state index in [0.717, 1.165) is 0 Å². The molecule has 3 N–H and O–H groups in total. The van der Waals surface area contributed by atoms with Gasteiger partial charge in [-0.15, -0.1) is 0 Å². The zero-order valence-electron chi connectivity index (χ0n) is 14.7. The van der Waals surface area contributed by atoms with Gasteiger partial charge in [-0.3, -0.25) is 19.7 Å². The summed E-state index contributed by atoms with van der Waals surface area (Å²) < 4.78 is 0. The van der Waals surface area contributed by atoms with E-state index in [4.69, 9.17) is 5.11 Å². The summed E-state index contributed by atoms with van der Waals surface area (Å²) in [7, 11) is 0. The lowest BCUT2D eigenvalue weighted by Gasteiger charge is -2.23. The molecule has 1 aliphatic rings. The Morgan fingerprint density at radius 2 is 1.80 bits per heavy atom. The molecule has 0 aliphatic carbocycles. The Labute approximate surface area is 146 Å². The minimum Gasteiger partial charge on any atom is -0.478 e. The Kier molecular flexibility index (Phi) is 7.70. The molecule has 138 valence electrons. The molecule has 1 rings (SSSR count). The predicted molar refractivity (Wildman–Crippen MR) is 90.4 cm³/mol. The molecule has 1 fully saturated rings. The molecule has 0 aromatic heterocycles. The van der Waals surface area contributed by atoms with Gasteiger partial charge in [0.05, 0.1) is 6.10 Å². The largest absolute Gasteiger partial charge is 0.478 e. The molecule has 7 heteroatoms. The van der Waals surface area contributed by atoms with Gasteiger partial charge in [-0.05, 0) is 32.3 Å². The van der Waals surface area contributed by atoms with Crippen molar-refractivity contribution in [3.63, 3.8) is 0 Å². The second-order valence-electron chi connectivity index (χ2n) is 6.64. The number of carbonyl (C=O) groups excluding carboxylic acids is 3. The van der Waals surface area contributed by atoms with Crippen LogP contribution < -0.4 is 5.32 Å². The van der Waals surface area contributed by atoms with Gasteiger partial charge in [0.2, 0.25) is 11.8 Å². The topological polar surface area (TPSA) is 121 Å². The third-order valence-corrected chi connectivity index (χ3v) is 4.07. The summed E-state index contributed by atoms with van der Waals surface area (Å²) in [5.74, 6) is -2.63. The number of rotatable bonds is 8. The van der Waals surface area contributed by atoms with Crippen molar-refractivity contribution in [1.29, 1.82) is 0 Å². The highest BCUT2D eigenvalue weighted by molar-refractivity contribution is 5.97. The normalized spacial score (nSPS) is 19.4. The van der Waals surface area contributed by atoms with E-state index < -0.39 is 18.0 Å². The summed E-state index contributed by atoms with van der Waals surface area (Å²) in [6, 6.07) is 0. The van der Waals surface area contributed by atoms with E-state index in [2.05, 4.69) is 5.32 Å². The SMILES string of the molecule is CC(=C\[C@H](C)C(=O)C[C@H](O)CC1CC(=O)NC(=O)C1)/C=C(\C)C(=O)O. The highest BCUT2D eigenvalue weighted by Crippen LogP contribution is 2.21. The van der Waals surface area contributed by atoms with Crippen molar-refractivity contribution in [2.75, 3.05) is 0 Å². The number of carboxylic acid groups (broad SMARTS) is 1. The van der Waals surface area contributed by atoms with E-state index in [0.29, 0.717) is 5.57 Å². The van der Waals surface area contributed by atoms with Crippen LogP contribution >= 0.6 is 0 Å². The highest BCUT2D eigenvalue weighted by atomic mass is 16.4. The van der Waals surface area contributed by atoms with Gasteiger partial charge in [-0.25, -0.2) is 4.79 Å². The average molecular weight is 351 g/mol. The molecule has 2 atom stereocenters. The van der Waals surface area contributed by atoms with E-state index in [-0.39, 0.29) is 54.8 Å². The summed E-state index contributed by atoms with van der Waals surface area (Å²) in [6.07, 6.45) is 2.71. The number of aliphatic hydroxyl groups excluding tert-OH is 1. The monoisotopic (exact) mass is 351 g/mol. The Balaban J connectivity index is 2.56. The number of amides is 2. The average Bonchev–Trinajstić information content (AvgIpc) is 2.45. The Morgan fingerprint density at radius 3 is 2.32 bits per heavy atom. The van der Waals surface area contributed by atoms with Crippen molar-refractivity contribution in [3.8, 4) is 0 Å². The van der Waals surface area contributed by atoms with Gasteiger partial charge in [0.1, 0.15) is 5.78 Å². The van der Waals surface area contributed by atoms with E-state index in [1.807, 2.05) is 0 Å². The summed E-state index contributed by atoms with van der Waals surface area (Å²) in [5.41, 5.74) is 0.832. The zero-order chi connectivity index (χ0) is 19.1. The fourth-order valence-corrected chi connectivity index (χ4v) is 2.85. The van der Waals surface area contributed by atoms with Crippen LogP contribution in [0.3, 0.4) is 0 Å². The standard InChI is InChI=1S/C18H25NO6/c1-10(5-12(3)18(24)25)4-11(2)15(21)9-14(20)6-13-7-16(22)19-17(23)8-13/h4-5,11,13-14,20H,6-9H2,1-3H3,(H,24,25)(H,19,22,23)/b10-4+,12-5+/t11-,14+/m0/s1. The lowest BCUT2D eigenvalue weighted by atomic mass is 9.88. The van der Waals surface area contributed by atoms with Gasteiger partial charge in [0, 0.05) is 30.8 Å². The van der Waals surface area contributed by atoms with Crippen LogP contribution in [0.2, 0.25) is 0 Å². The van der Waals surface area contributed by atoms with Gasteiger partial charge in [-0.2, -0.15) is 0 Å². The smallest absolute Gasteiger partial charge is 0.331 e. The number of aliphatic carboxylic acids is 1. The van der Waals surface area contributed by atoms with Crippen molar-refractivity contribution in [3.05, 3.63) is 23.3 Å². The van der Waals surface area contributed by atoms with Crippen LogP contribution in [0.15, 0.2) is 23.3 Å². The molecule has 1 aliphatic heterocycles. The fraction of sp³-hybridized carbons (Fsp3) is 0.556. The second-order valence-corrected chi connectivity index (χ2v) is 6.64. The summed E-state index contributed by atoms with van der Waals surface area (Å²) in [4.78, 5) is 45.6. The van der Waals surface area contributed by atoms with Crippen molar-refractivity contribution in [2.24, 2.45) is 11.8 Å². The third kappa shape index (κ3) is 7.43. The van der Waals surface area contributed by atoms with Gasteiger partial charge in [0.25, 0.3) is 0 Å². The Bertz CT molecular complexity index is 603. The minimum absolute atomic E-state index is 0.0706. The van der Waals surface area contributed by atoms with Crippen molar-refractivity contribution in [2.45, 2.75) is 52.6 Å². The van der Waals surface area contributed by atoms with Crippen LogP contribution in [0.5, 0.6) is 0 Å². The van der Waals surface area contributed by atoms with E-state index in [9.17, 15) is 24.3 Å². The molecule has 2 amide bonds. The molecule has 0 aromatic rings. The van der Waals surface area contributed by atoms with Crippen LogP contribution in [-0.2, 0) is 19.2 Å². The van der Waals surface area contributed by atoms with Gasteiger partial charge in [-0.1, -0.05) is 18.6 Å². The minimum atomic E-state index is -1.02. The van der Waals surface area contributed by atoms with Gasteiger partial charge in [0.15, 0.2) is 0 Å². The maximum atomic E-state index is 12.2. The molecule has 0 bridgehead atoms. The number of allylic oxidation sites excluding steroid dienone is 3. The van der Waals surface area contributed by atoms with E-state index >= 15 is 0 Å². The number of aliphatic hydroxyl groups is 1. The van der Waals surface area contributed by atoms with Crippen LogP contribution in [-0.4, -0.2) is 39.9 Å². The molecule has 1 heterocycles. The number of hydrogen-bond acceptors (Lipinski definition) is 5. The van der Waals surface area contributed by atoms with Crippen LogP contribution in [0.25, 0.3) is 0 Å². The molecule has 0 radical (unpaired) electrons. The van der Waals surface area contributed by atoms with E-state index in [1.54, 1.807) is 19.9 Å². The fourth-order valence-electron chi connectivity index (χ4n) is 2.85. The first-order valence-electron chi connectivity index (χ1n) is 8.22. The summed E-state index contributed by atoms with van der Waals surface area (Å²) in [6.45, 7) is 4.86. The zero-order valence-corrected chi connectivity index (χ0v) is 14.7. The van der Waals surface area contributed by atoms with Gasteiger partial charge >= 0.3 is 5.97 Å². The number of piperidine rings is 1. The molecule has 0 saturated carbocycles. The molecule has 0 spiro atoms. The third-order valence-electron chi connectivity index (χ3n) is 4.07. The predicted octanol–water partition coefficient (Wildman–Crippen LogP) is 1.36. The maximum absolute atomic E-state index is 12.2. The molecular weight excluding hydrogens is 326 g/mol. The van der Waals surface area contributed by atoms with Crippen LogP contribution in [0.4, 0.5) is 0 Å². The van der Waals surface area contributed by atoms with Crippen molar-refractivity contribution < 1.29 is 29.4 Å². The lowest BCUT2D eigenvalue weighted by Crippen LogP contribution is -2.39. The molecular formula is C18H25NO6. The number of imide groups is 1. The van der Waals surface area contributed by atoms with Gasteiger partial charge < -0.3 is 10.2 Å². The molecule has 0 aromatic carbocycles. The number of hydrogen-bond donors (Lipinski definition) is 3. The maximum Gasteiger partial charge on any atom is 0.331 e. The van der Waals surface area contributed by atoms with Crippen molar-refractivity contribution >= 4 is 23.6 Å². The molecule has 1 saturated heterocycles. The molecule has 25 heavy (non-hydrogen) atoms. The second kappa shape index (κ2) is 9.27. The Morgan fingerprint density at radius 1 is 1.24 bits per heavy atom. The van der Waals surface area contributed by atoms with Crippen LogP contribution in [0.1, 0.15) is 46.5 Å². The van der Waals surface area contributed by atoms with Crippen molar-refractivity contribution in [1.82, 2.24) is 5.32 Å². The summed E-state index contributed by atoms with van der Waals surface area (Å²) in [5, 5.41) is 21.1. The number of nitrogens with one attached hydrogen (secondary N) is 1. The number of ketones is 1. The number of carbonyl (C=O) groups is 4. The number of carboxylic acids is 1. The lowest BCUT2D eigenvalue weighted by molar-refractivity contribution is -0.135.